The normalized spacial score (nSPS) is 10.6. The van der Waals surface area contributed by atoms with Crippen LogP contribution in [0.3, 0.4) is 0 Å². The van der Waals surface area contributed by atoms with E-state index in [1.54, 1.807) is 18.7 Å². The van der Waals surface area contributed by atoms with E-state index in [0.717, 1.165) is 6.20 Å². The average Bonchev–Trinajstić information content (AvgIpc) is 2.79. The van der Waals surface area contributed by atoms with E-state index in [9.17, 15) is 14.9 Å². The molecule has 3 aromatic rings. The van der Waals surface area contributed by atoms with Crippen LogP contribution in [0.1, 0.15) is 5.69 Å². The van der Waals surface area contributed by atoms with Gasteiger partial charge in [-0.25, -0.2) is 9.67 Å². The molecule has 0 radical (unpaired) electrons. The van der Waals surface area contributed by atoms with Crippen molar-refractivity contribution in [3.8, 4) is 5.69 Å². The van der Waals surface area contributed by atoms with E-state index < -0.39 is 10.6 Å². The Balaban J connectivity index is 2.04. The molecule has 1 aromatic carbocycles. The molecular formula is C15H15N7O3. The van der Waals surface area contributed by atoms with Crippen LogP contribution in [0.15, 0.2) is 41.3 Å². The van der Waals surface area contributed by atoms with E-state index in [0.29, 0.717) is 11.4 Å². The van der Waals surface area contributed by atoms with E-state index in [4.69, 9.17) is 5.73 Å². The summed E-state index contributed by atoms with van der Waals surface area (Å²) < 4.78 is 3.18. The van der Waals surface area contributed by atoms with Gasteiger partial charge in [-0.05, 0) is 19.1 Å². The number of nitrogens with one attached hydrogen (secondary N) is 1. The highest BCUT2D eigenvalue weighted by molar-refractivity contribution is 5.60. The van der Waals surface area contributed by atoms with Gasteiger partial charge in [0.15, 0.2) is 0 Å². The number of nitrogens with zero attached hydrogens (tertiary/aromatic N) is 5. The van der Waals surface area contributed by atoms with Crippen molar-refractivity contribution in [2.75, 3.05) is 11.1 Å². The fraction of sp³-hybridized carbons (Fsp3) is 0.133. The molecule has 0 aliphatic carbocycles. The number of anilines is 3. The highest BCUT2D eigenvalue weighted by Crippen LogP contribution is 2.21. The van der Waals surface area contributed by atoms with Crippen LogP contribution in [-0.4, -0.2) is 24.3 Å². The molecule has 0 unspecified atom stereocenters. The van der Waals surface area contributed by atoms with Crippen LogP contribution in [0, 0.1) is 17.0 Å². The summed E-state index contributed by atoms with van der Waals surface area (Å²) in [5, 5.41) is 13.6. The molecule has 0 atom stereocenters. The first-order chi connectivity index (χ1) is 11.9. The zero-order valence-corrected chi connectivity index (χ0v) is 13.5. The van der Waals surface area contributed by atoms with Gasteiger partial charge in [0.2, 0.25) is 11.8 Å². The molecule has 0 bridgehead atoms. The van der Waals surface area contributed by atoms with Crippen molar-refractivity contribution in [1.82, 2.24) is 19.3 Å². The molecule has 0 saturated carbocycles. The van der Waals surface area contributed by atoms with Gasteiger partial charge < -0.3 is 11.1 Å². The van der Waals surface area contributed by atoms with Crippen molar-refractivity contribution in [2.24, 2.45) is 7.05 Å². The Hall–Kier alpha value is -3.69. The van der Waals surface area contributed by atoms with Crippen molar-refractivity contribution in [3.05, 3.63) is 62.7 Å². The van der Waals surface area contributed by atoms with Crippen molar-refractivity contribution in [2.45, 2.75) is 6.92 Å². The summed E-state index contributed by atoms with van der Waals surface area (Å²) in [6, 6.07) is 9.14. The molecule has 10 nitrogen and oxygen atoms in total. The number of aromatic nitrogens is 4. The Morgan fingerprint density at radius 3 is 2.56 bits per heavy atom. The monoisotopic (exact) mass is 341 g/mol. The van der Waals surface area contributed by atoms with E-state index in [1.807, 2.05) is 30.3 Å². The molecule has 25 heavy (non-hydrogen) atoms. The summed E-state index contributed by atoms with van der Waals surface area (Å²) in [6.45, 7) is 1.76. The number of rotatable bonds is 4. The summed E-state index contributed by atoms with van der Waals surface area (Å²) in [4.78, 5) is 30.6. The van der Waals surface area contributed by atoms with Gasteiger partial charge in [-0.3, -0.25) is 19.6 Å². The molecule has 0 saturated heterocycles. The van der Waals surface area contributed by atoms with Crippen LogP contribution in [0.4, 0.5) is 23.1 Å². The van der Waals surface area contributed by atoms with Gasteiger partial charge in [0, 0.05) is 7.05 Å². The molecule has 0 fully saturated rings. The summed E-state index contributed by atoms with van der Waals surface area (Å²) >= 11 is 0. The van der Waals surface area contributed by atoms with E-state index in [1.165, 1.54) is 4.68 Å². The number of nitrogen functional groups attached to an aromatic ring is 1. The van der Waals surface area contributed by atoms with Gasteiger partial charge >= 0.3 is 5.69 Å². The van der Waals surface area contributed by atoms with Gasteiger partial charge in [-0.2, -0.15) is 4.98 Å². The molecule has 2 heterocycles. The van der Waals surface area contributed by atoms with Gasteiger partial charge in [0.25, 0.3) is 5.56 Å². The molecule has 2 aromatic heterocycles. The first-order valence-corrected chi connectivity index (χ1v) is 7.28. The average molecular weight is 341 g/mol. The predicted molar refractivity (Wildman–Crippen MR) is 92.1 cm³/mol. The van der Waals surface area contributed by atoms with Crippen molar-refractivity contribution in [3.63, 3.8) is 0 Å². The second kappa shape index (κ2) is 6.07. The Kier molecular flexibility index (Phi) is 3.93. The van der Waals surface area contributed by atoms with E-state index in [-0.39, 0.29) is 23.0 Å². The van der Waals surface area contributed by atoms with Crippen molar-refractivity contribution in [1.29, 1.82) is 0 Å². The largest absolute Gasteiger partial charge is 0.378 e. The number of nitro groups is 1. The Bertz CT molecular complexity index is 1010. The quantitative estimate of drug-likeness (QED) is 0.542. The van der Waals surface area contributed by atoms with Gasteiger partial charge in [-0.15, -0.1) is 0 Å². The SMILES string of the molecule is Cc1c(Nc2ncc([N+](=O)[O-])c(N)n2)c(=O)n(-c2ccccc2)n1C. The highest BCUT2D eigenvalue weighted by atomic mass is 16.6. The molecule has 3 rings (SSSR count). The fourth-order valence-electron chi connectivity index (χ4n) is 2.41. The summed E-state index contributed by atoms with van der Waals surface area (Å²) in [6.07, 6.45) is 0.999. The third-order valence-electron chi connectivity index (χ3n) is 3.79. The lowest BCUT2D eigenvalue weighted by molar-refractivity contribution is -0.384. The predicted octanol–water partition coefficient (Wildman–Crippen LogP) is 1.51. The van der Waals surface area contributed by atoms with Crippen molar-refractivity contribution < 1.29 is 4.92 Å². The number of para-hydroxylation sites is 1. The smallest absolute Gasteiger partial charge is 0.329 e. The fourth-order valence-corrected chi connectivity index (χ4v) is 2.41. The number of benzene rings is 1. The van der Waals surface area contributed by atoms with Gasteiger partial charge in [-0.1, -0.05) is 18.2 Å². The molecular weight excluding hydrogens is 326 g/mol. The van der Waals surface area contributed by atoms with Gasteiger partial charge in [0.1, 0.15) is 11.9 Å². The zero-order chi connectivity index (χ0) is 18.1. The standard InChI is InChI=1S/C15H15N7O3/c1-9-12(18-15-17-8-11(22(24)25)13(16)19-15)14(23)21(20(9)2)10-6-4-3-5-7-10/h3-8H,1-2H3,(H3,16,17,18,19). The molecule has 10 heteroatoms. The van der Waals surface area contributed by atoms with Crippen LogP contribution < -0.4 is 16.6 Å². The second-order valence-corrected chi connectivity index (χ2v) is 5.28. The minimum absolute atomic E-state index is 0.00844. The van der Waals surface area contributed by atoms with E-state index >= 15 is 0 Å². The minimum atomic E-state index is -0.671. The Morgan fingerprint density at radius 1 is 1.28 bits per heavy atom. The van der Waals surface area contributed by atoms with Crippen molar-refractivity contribution >= 4 is 23.1 Å². The Morgan fingerprint density at radius 2 is 1.96 bits per heavy atom. The molecule has 128 valence electrons. The second-order valence-electron chi connectivity index (χ2n) is 5.28. The number of hydrogen-bond donors (Lipinski definition) is 2. The maximum atomic E-state index is 12.8. The van der Waals surface area contributed by atoms with Crippen LogP contribution >= 0.6 is 0 Å². The van der Waals surface area contributed by atoms with Crippen LogP contribution in [0.2, 0.25) is 0 Å². The maximum Gasteiger partial charge on any atom is 0.329 e. The topological polar surface area (TPSA) is 134 Å². The third kappa shape index (κ3) is 2.80. The van der Waals surface area contributed by atoms with Crippen LogP contribution in [-0.2, 0) is 7.05 Å². The summed E-state index contributed by atoms with van der Waals surface area (Å²) in [5.74, 6) is -0.270. The van der Waals surface area contributed by atoms with Crippen LogP contribution in [0.25, 0.3) is 5.69 Å². The highest BCUT2D eigenvalue weighted by Gasteiger charge is 2.19. The molecule has 0 amide bonds. The van der Waals surface area contributed by atoms with E-state index in [2.05, 4.69) is 15.3 Å². The number of nitrogens with two attached hydrogens (primary N) is 1. The lowest BCUT2D eigenvalue weighted by atomic mass is 10.3. The summed E-state index contributed by atoms with van der Waals surface area (Å²) in [5.41, 5.74) is 6.48. The summed E-state index contributed by atoms with van der Waals surface area (Å²) in [7, 11) is 1.75. The molecule has 0 aliphatic rings. The first kappa shape index (κ1) is 16.2. The Labute approximate surface area is 141 Å². The lowest BCUT2D eigenvalue weighted by Crippen LogP contribution is -2.20. The molecule has 0 spiro atoms. The minimum Gasteiger partial charge on any atom is -0.378 e. The zero-order valence-electron chi connectivity index (χ0n) is 13.5. The maximum absolute atomic E-state index is 12.8. The van der Waals surface area contributed by atoms with Gasteiger partial charge in [0.05, 0.1) is 16.3 Å². The third-order valence-corrected chi connectivity index (χ3v) is 3.79. The molecule has 0 aliphatic heterocycles. The molecule has 3 N–H and O–H groups in total. The number of hydrogen-bond acceptors (Lipinski definition) is 7. The van der Waals surface area contributed by atoms with Crippen LogP contribution in [0.5, 0.6) is 0 Å². The lowest BCUT2D eigenvalue weighted by Gasteiger charge is -2.07. The first-order valence-electron chi connectivity index (χ1n) is 7.28.